The van der Waals surface area contributed by atoms with Crippen LogP contribution in [0.2, 0.25) is 0 Å². The Hall–Kier alpha value is -3.16. The van der Waals surface area contributed by atoms with Crippen LogP contribution in [0.1, 0.15) is 66.8 Å². The molecule has 186 valence electrons. The summed E-state index contributed by atoms with van der Waals surface area (Å²) in [5, 5.41) is 10.1. The van der Waals surface area contributed by atoms with Gasteiger partial charge in [0.05, 0.1) is 18.6 Å². The number of aryl methyl sites for hydroxylation is 1. The Kier molecular flexibility index (Phi) is 6.38. The number of benzene rings is 2. The molecule has 1 atom stereocenters. The molecule has 2 aliphatic carbocycles. The highest BCUT2D eigenvalue weighted by Crippen LogP contribution is 2.41. The molecule has 0 bridgehead atoms. The molecule has 0 aliphatic heterocycles. The van der Waals surface area contributed by atoms with Gasteiger partial charge in [-0.3, -0.25) is 4.79 Å². The largest absolute Gasteiger partial charge is 0.493 e. The first kappa shape index (κ1) is 23.6. The molecule has 0 amide bonds. The van der Waals surface area contributed by atoms with E-state index in [-0.39, 0.29) is 24.7 Å². The minimum absolute atomic E-state index is 0.00819. The van der Waals surface area contributed by atoms with Crippen molar-refractivity contribution in [1.29, 1.82) is 0 Å². The molecule has 1 heterocycles. The monoisotopic (exact) mass is 487 g/mol. The van der Waals surface area contributed by atoms with Crippen LogP contribution in [0.15, 0.2) is 36.4 Å². The van der Waals surface area contributed by atoms with Gasteiger partial charge in [-0.2, -0.15) is 13.2 Å². The zero-order valence-corrected chi connectivity index (χ0v) is 19.3. The molecule has 1 saturated carbocycles. The second kappa shape index (κ2) is 9.47. The smallest absolute Gasteiger partial charge is 0.419 e. The van der Waals surface area contributed by atoms with Gasteiger partial charge in [-0.05, 0) is 73.1 Å². The molecule has 5 rings (SSSR count). The third-order valence-electron chi connectivity index (χ3n) is 7.19. The molecule has 2 aromatic carbocycles. The van der Waals surface area contributed by atoms with Crippen molar-refractivity contribution in [3.63, 3.8) is 0 Å². The normalized spacial score (nSPS) is 18.2. The number of nitrogens with one attached hydrogen (secondary N) is 1. The molecule has 2 N–H and O–H groups in total. The predicted molar refractivity (Wildman–Crippen MR) is 125 cm³/mol. The summed E-state index contributed by atoms with van der Waals surface area (Å²) in [6.45, 7) is 0.305. The van der Waals surface area contributed by atoms with E-state index in [0.29, 0.717) is 23.8 Å². The Morgan fingerprint density at radius 3 is 2.60 bits per heavy atom. The van der Waals surface area contributed by atoms with Crippen LogP contribution in [-0.4, -0.2) is 22.7 Å². The lowest BCUT2D eigenvalue weighted by atomic mass is 10.0. The fourth-order valence-corrected chi connectivity index (χ4v) is 5.40. The summed E-state index contributed by atoms with van der Waals surface area (Å²) in [5.74, 6) is -0.110. The molecule has 0 spiro atoms. The number of aromatic amines is 1. The summed E-state index contributed by atoms with van der Waals surface area (Å²) < 4.78 is 52.6. The number of hydrogen-bond acceptors (Lipinski definition) is 3. The maximum absolute atomic E-state index is 13.7. The Morgan fingerprint density at radius 1 is 1.06 bits per heavy atom. The van der Waals surface area contributed by atoms with Gasteiger partial charge < -0.3 is 19.6 Å². The summed E-state index contributed by atoms with van der Waals surface area (Å²) >= 11 is 0. The lowest BCUT2D eigenvalue weighted by molar-refractivity contribution is -0.139. The van der Waals surface area contributed by atoms with E-state index >= 15 is 0 Å². The topological polar surface area (TPSA) is 71.5 Å². The van der Waals surface area contributed by atoms with E-state index in [1.54, 1.807) is 12.1 Å². The van der Waals surface area contributed by atoms with Crippen LogP contribution in [0.4, 0.5) is 13.2 Å². The van der Waals surface area contributed by atoms with Crippen molar-refractivity contribution < 1.29 is 32.5 Å². The van der Waals surface area contributed by atoms with Gasteiger partial charge >= 0.3 is 12.1 Å². The van der Waals surface area contributed by atoms with E-state index in [1.807, 2.05) is 12.1 Å². The second-order valence-electron chi connectivity index (χ2n) is 9.64. The highest BCUT2D eigenvalue weighted by Gasteiger charge is 2.35. The second-order valence-corrected chi connectivity index (χ2v) is 9.64. The molecule has 1 fully saturated rings. The van der Waals surface area contributed by atoms with Crippen molar-refractivity contribution in [2.24, 2.45) is 5.92 Å². The zero-order valence-electron chi connectivity index (χ0n) is 19.3. The standard InChI is InChI=1S/C27H28F3NO4/c28-27(29,30)22-11-17(5-10-24(22)35-14-16-3-1-2-4-16)15-34-19-7-9-23-21(13-19)20-8-6-18(12-25(32)33)26(20)31-23/h5,7,9-11,13,16,18,31H,1-4,6,8,12,14-15H2,(H,32,33). The number of halogens is 3. The van der Waals surface area contributed by atoms with Gasteiger partial charge in [0, 0.05) is 22.5 Å². The summed E-state index contributed by atoms with van der Waals surface area (Å²) in [5.41, 5.74) is 2.59. The van der Waals surface area contributed by atoms with Gasteiger partial charge in [-0.25, -0.2) is 0 Å². The van der Waals surface area contributed by atoms with Crippen molar-refractivity contribution in [2.75, 3.05) is 6.61 Å². The molecule has 0 saturated heterocycles. The average molecular weight is 488 g/mol. The Bertz CT molecular complexity index is 1230. The average Bonchev–Trinajstić information content (AvgIpc) is 3.54. The van der Waals surface area contributed by atoms with Crippen LogP contribution in [0.25, 0.3) is 10.9 Å². The van der Waals surface area contributed by atoms with Crippen LogP contribution < -0.4 is 9.47 Å². The van der Waals surface area contributed by atoms with E-state index in [9.17, 15) is 18.0 Å². The van der Waals surface area contributed by atoms with Gasteiger partial charge in [0.2, 0.25) is 0 Å². The number of rotatable bonds is 8. The minimum Gasteiger partial charge on any atom is -0.493 e. The van der Waals surface area contributed by atoms with Gasteiger partial charge in [0.15, 0.2) is 0 Å². The molecule has 1 unspecified atom stereocenters. The summed E-state index contributed by atoms with van der Waals surface area (Å²) in [6, 6.07) is 9.61. The maximum Gasteiger partial charge on any atom is 0.419 e. The molecule has 8 heteroatoms. The molecule has 2 aliphatic rings. The fraction of sp³-hybridized carbons (Fsp3) is 0.444. The van der Waals surface area contributed by atoms with Gasteiger partial charge in [-0.15, -0.1) is 0 Å². The Labute approximate surface area is 201 Å². The molecule has 3 aromatic rings. The number of hydrogen-bond donors (Lipinski definition) is 2. The molecular formula is C27H28F3NO4. The van der Waals surface area contributed by atoms with E-state index in [4.69, 9.17) is 14.6 Å². The molecular weight excluding hydrogens is 459 g/mol. The van der Waals surface area contributed by atoms with Gasteiger partial charge in [0.1, 0.15) is 18.1 Å². The number of H-pyrrole nitrogens is 1. The number of aliphatic carboxylic acids is 1. The first-order valence-electron chi connectivity index (χ1n) is 12.1. The van der Waals surface area contributed by atoms with Crippen LogP contribution in [0, 0.1) is 5.92 Å². The van der Waals surface area contributed by atoms with E-state index in [0.717, 1.165) is 66.8 Å². The molecule has 35 heavy (non-hydrogen) atoms. The number of carboxylic acid groups (broad SMARTS) is 1. The number of carbonyl (C=O) groups is 1. The summed E-state index contributed by atoms with van der Waals surface area (Å²) in [4.78, 5) is 14.5. The third-order valence-corrected chi connectivity index (χ3v) is 7.19. The highest BCUT2D eigenvalue weighted by atomic mass is 19.4. The number of fused-ring (bicyclic) bond motifs is 3. The molecule has 0 radical (unpaired) electrons. The molecule has 5 nitrogen and oxygen atoms in total. The van der Waals surface area contributed by atoms with Gasteiger partial charge in [-0.1, -0.05) is 18.9 Å². The lowest BCUT2D eigenvalue weighted by Gasteiger charge is -2.17. The van der Waals surface area contributed by atoms with Crippen LogP contribution >= 0.6 is 0 Å². The number of carboxylic acids is 1. The minimum atomic E-state index is -4.52. The predicted octanol–water partition coefficient (Wildman–Crippen LogP) is 6.84. The number of ether oxygens (including phenoxy) is 2. The van der Waals surface area contributed by atoms with Crippen molar-refractivity contribution in [3.8, 4) is 11.5 Å². The Morgan fingerprint density at radius 2 is 1.86 bits per heavy atom. The fourth-order valence-electron chi connectivity index (χ4n) is 5.40. The first-order valence-corrected chi connectivity index (χ1v) is 12.1. The van der Waals surface area contributed by atoms with E-state index in [2.05, 4.69) is 4.98 Å². The number of alkyl halides is 3. The summed E-state index contributed by atoms with van der Waals surface area (Å²) in [6.07, 6.45) is 1.36. The van der Waals surface area contributed by atoms with Crippen LogP contribution in [0.5, 0.6) is 11.5 Å². The van der Waals surface area contributed by atoms with Crippen molar-refractivity contribution in [1.82, 2.24) is 4.98 Å². The summed E-state index contributed by atoms with van der Waals surface area (Å²) in [7, 11) is 0. The van der Waals surface area contributed by atoms with Crippen LogP contribution in [-0.2, 0) is 24.0 Å². The zero-order chi connectivity index (χ0) is 24.6. The van der Waals surface area contributed by atoms with E-state index < -0.39 is 17.7 Å². The highest BCUT2D eigenvalue weighted by molar-refractivity contribution is 5.87. The first-order chi connectivity index (χ1) is 16.8. The van der Waals surface area contributed by atoms with Crippen molar-refractivity contribution in [2.45, 2.75) is 63.6 Å². The third kappa shape index (κ3) is 5.11. The van der Waals surface area contributed by atoms with Gasteiger partial charge in [0.25, 0.3) is 0 Å². The van der Waals surface area contributed by atoms with E-state index in [1.165, 1.54) is 6.07 Å². The number of aromatic nitrogens is 1. The van der Waals surface area contributed by atoms with Crippen LogP contribution in [0.3, 0.4) is 0 Å². The quantitative estimate of drug-likeness (QED) is 0.365. The Balaban J connectivity index is 1.30. The maximum atomic E-state index is 13.7. The SMILES string of the molecule is O=C(O)CC1CCc2c1[nH]c1ccc(OCc3ccc(OCC4CCCC4)c(C(F)(F)F)c3)cc21. The van der Waals surface area contributed by atoms with Crippen molar-refractivity contribution in [3.05, 3.63) is 58.8 Å². The van der Waals surface area contributed by atoms with Crippen molar-refractivity contribution >= 4 is 16.9 Å². The molecule has 1 aromatic heterocycles. The lowest BCUT2D eigenvalue weighted by Crippen LogP contribution is -2.13.